The SMILES string of the molecule is COc1ccccc1CCN1C(=O)c2ccc(-c3ccco3)n2CC1(C)C(=O)NC1CCCCC1. The number of hydrogen-bond donors (Lipinski definition) is 1. The molecule has 2 aliphatic rings. The predicted molar refractivity (Wildman–Crippen MR) is 133 cm³/mol. The molecule has 35 heavy (non-hydrogen) atoms. The number of carbonyl (C=O) groups excluding carboxylic acids is 2. The molecule has 1 N–H and O–H groups in total. The first-order valence-corrected chi connectivity index (χ1v) is 12.5. The van der Waals surface area contributed by atoms with Crippen molar-refractivity contribution in [1.82, 2.24) is 14.8 Å². The van der Waals surface area contributed by atoms with Crippen LogP contribution in [0.3, 0.4) is 0 Å². The zero-order valence-corrected chi connectivity index (χ0v) is 20.5. The molecule has 3 heterocycles. The van der Waals surface area contributed by atoms with Crippen molar-refractivity contribution in [2.45, 2.75) is 63.6 Å². The van der Waals surface area contributed by atoms with E-state index in [2.05, 4.69) is 5.32 Å². The molecule has 3 aromatic rings. The Hall–Kier alpha value is -3.48. The van der Waals surface area contributed by atoms with Gasteiger partial charge in [-0.1, -0.05) is 37.5 Å². The first kappa shape index (κ1) is 23.3. The van der Waals surface area contributed by atoms with E-state index in [0.717, 1.165) is 42.7 Å². The molecule has 1 fully saturated rings. The Bertz CT molecular complexity index is 1190. The lowest BCUT2D eigenvalue weighted by atomic mass is 9.91. The fourth-order valence-corrected chi connectivity index (χ4v) is 5.49. The second kappa shape index (κ2) is 9.64. The van der Waals surface area contributed by atoms with E-state index in [1.165, 1.54) is 6.42 Å². The number of nitrogens with zero attached hydrogens (tertiary/aromatic N) is 2. The van der Waals surface area contributed by atoms with Crippen molar-refractivity contribution in [3.05, 3.63) is 66.1 Å². The van der Waals surface area contributed by atoms with E-state index in [1.54, 1.807) is 18.3 Å². The highest BCUT2D eigenvalue weighted by Crippen LogP contribution is 2.34. The van der Waals surface area contributed by atoms with Gasteiger partial charge in [0.2, 0.25) is 5.91 Å². The molecule has 0 spiro atoms. The van der Waals surface area contributed by atoms with Crippen molar-refractivity contribution in [3.63, 3.8) is 0 Å². The van der Waals surface area contributed by atoms with Crippen molar-refractivity contribution < 1.29 is 18.7 Å². The molecule has 1 unspecified atom stereocenters. The number of para-hydroxylation sites is 1. The lowest BCUT2D eigenvalue weighted by molar-refractivity contribution is -0.133. The molecule has 7 heteroatoms. The highest BCUT2D eigenvalue weighted by atomic mass is 16.5. The lowest BCUT2D eigenvalue weighted by Gasteiger charge is -2.45. The van der Waals surface area contributed by atoms with Crippen molar-refractivity contribution >= 4 is 11.8 Å². The van der Waals surface area contributed by atoms with Gasteiger partial charge in [0.1, 0.15) is 22.7 Å². The first-order valence-electron chi connectivity index (χ1n) is 12.5. The molecule has 184 valence electrons. The quantitative estimate of drug-likeness (QED) is 0.539. The Kier molecular flexibility index (Phi) is 6.41. The highest BCUT2D eigenvalue weighted by Gasteiger charge is 2.48. The normalized spacial score (nSPS) is 20.5. The third-order valence-corrected chi connectivity index (χ3v) is 7.51. The maximum absolute atomic E-state index is 13.9. The van der Waals surface area contributed by atoms with Crippen LogP contribution in [0, 0.1) is 0 Å². The second-order valence-electron chi connectivity index (χ2n) is 9.77. The predicted octanol–water partition coefficient (Wildman–Crippen LogP) is 4.66. The monoisotopic (exact) mass is 475 g/mol. The van der Waals surface area contributed by atoms with Gasteiger partial charge in [0.25, 0.3) is 5.91 Å². The van der Waals surface area contributed by atoms with Gasteiger partial charge in [-0.3, -0.25) is 9.59 Å². The zero-order chi connectivity index (χ0) is 24.4. The largest absolute Gasteiger partial charge is 0.496 e. The van der Waals surface area contributed by atoms with Crippen LogP contribution < -0.4 is 10.1 Å². The Morgan fingerprint density at radius 1 is 1.09 bits per heavy atom. The summed E-state index contributed by atoms with van der Waals surface area (Å²) in [7, 11) is 1.65. The van der Waals surface area contributed by atoms with E-state index >= 15 is 0 Å². The number of benzene rings is 1. The number of fused-ring (bicyclic) bond motifs is 1. The molecular formula is C28H33N3O4. The van der Waals surface area contributed by atoms with Crippen molar-refractivity contribution in [3.8, 4) is 17.2 Å². The Labute approximate surface area is 206 Å². The average Bonchev–Trinajstić information content (AvgIpc) is 3.55. The third-order valence-electron chi connectivity index (χ3n) is 7.51. The molecule has 1 atom stereocenters. The van der Waals surface area contributed by atoms with Gasteiger partial charge >= 0.3 is 0 Å². The summed E-state index contributed by atoms with van der Waals surface area (Å²) in [5.41, 5.74) is 1.35. The van der Waals surface area contributed by atoms with Crippen LogP contribution >= 0.6 is 0 Å². The maximum atomic E-state index is 13.9. The second-order valence-corrected chi connectivity index (χ2v) is 9.77. The van der Waals surface area contributed by atoms with Gasteiger partial charge in [0, 0.05) is 12.6 Å². The van der Waals surface area contributed by atoms with Gasteiger partial charge in [-0.25, -0.2) is 0 Å². The van der Waals surface area contributed by atoms with E-state index < -0.39 is 5.54 Å². The summed E-state index contributed by atoms with van der Waals surface area (Å²) >= 11 is 0. The molecule has 1 aliphatic heterocycles. The summed E-state index contributed by atoms with van der Waals surface area (Å²) in [6.45, 7) is 2.66. The maximum Gasteiger partial charge on any atom is 0.271 e. The number of rotatable bonds is 7. The lowest BCUT2D eigenvalue weighted by Crippen LogP contribution is -2.65. The number of methoxy groups -OCH3 is 1. The van der Waals surface area contributed by atoms with Crippen LogP contribution in [-0.2, 0) is 17.8 Å². The van der Waals surface area contributed by atoms with Gasteiger partial charge < -0.3 is 23.9 Å². The topological polar surface area (TPSA) is 76.7 Å². The number of nitrogens with one attached hydrogen (secondary N) is 1. The summed E-state index contributed by atoms with van der Waals surface area (Å²) in [5.74, 6) is 1.23. The molecule has 1 saturated carbocycles. The number of hydrogen-bond acceptors (Lipinski definition) is 4. The van der Waals surface area contributed by atoms with Crippen molar-refractivity contribution in [1.29, 1.82) is 0 Å². The minimum atomic E-state index is -1.04. The van der Waals surface area contributed by atoms with E-state index in [-0.39, 0.29) is 17.9 Å². The van der Waals surface area contributed by atoms with Crippen molar-refractivity contribution in [2.24, 2.45) is 0 Å². The van der Waals surface area contributed by atoms with Crippen LogP contribution in [0.5, 0.6) is 5.75 Å². The zero-order valence-electron chi connectivity index (χ0n) is 20.5. The van der Waals surface area contributed by atoms with Gasteiger partial charge in [0.15, 0.2) is 0 Å². The van der Waals surface area contributed by atoms with E-state index in [4.69, 9.17) is 9.15 Å². The smallest absolute Gasteiger partial charge is 0.271 e. The van der Waals surface area contributed by atoms with Crippen molar-refractivity contribution in [2.75, 3.05) is 13.7 Å². The summed E-state index contributed by atoms with van der Waals surface area (Å²) < 4.78 is 13.1. The molecule has 0 saturated heterocycles. The molecule has 1 aromatic carbocycles. The van der Waals surface area contributed by atoms with E-state index in [0.29, 0.717) is 31.0 Å². The van der Waals surface area contributed by atoms with Gasteiger partial charge in [-0.15, -0.1) is 0 Å². The average molecular weight is 476 g/mol. The van der Waals surface area contributed by atoms with Crippen LogP contribution in [0.25, 0.3) is 11.5 Å². The highest BCUT2D eigenvalue weighted by molar-refractivity contribution is 6.00. The van der Waals surface area contributed by atoms with Gasteiger partial charge in [-0.2, -0.15) is 0 Å². The summed E-state index contributed by atoms with van der Waals surface area (Å²) in [6.07, 6.45) is 7.66. The Balaban J connectivity index is 1.48. The van der Waals surface area contributed by atoms with Gasteiger partial charge in [0.05, 0.1) is 25.6 Å². The molecule has 5 rings (SSSR count). The molecule has 0 bridgehead atoms. The fourth-order valence-electron chi connectivity index (χ4n) is 5.49. The summed E-state index contributed by atoms with van der Waals surface area (Å²) in [4.78, 5) is 29.4. The van der Waals surface area contributed by atoms with Gasteiger partial charge in [-0.05, 0) is 62.1 Å². The number of aromatic nitrogens is 1. The number of ether oxygens (including phenoxy) is 1. The van der Waals surface area contributed by atoms with Crippen LogP contribution in [0.15, 0.2) is 59.2 Å². The number of carbonyl (C=O) groups is 2. The van der Waals surface area contributed by atoms with Crippen LogP contribution in [0.2, 0.25) is 0 Å². The minimum Gasteiger partial charge on any atom is -0.496 e. The molecule has 1 aliphatic carbocycles. The van der Waals surface area contributed by atoms with Crippen LogP contribution in [0.1, 0.15) is 55.1 Å². The third kappa shape index (κ3) is 4.35. The first-order chi connectivity index (χ1) is 17.0. The minimum absolute atomic E-state index is 0.0949. The molecule has 2 amide bonds. The van der Waals surface area contributed by atoms with Crippen LogP contribution in [-0.4, -0.2) is 46.5 Å². The molecule has 0 radical (unpaired) electrons. The van der Waals surface area contributed by atoms with E-state index in [9.17, 15) is 9.59 Å². The molecule has 2 aromatic heterocycles. The summed E-state index contributed by atoms with van der Waals surface area (Å²) in [5, 5.41) is 3.28. The molecular weight excluding hydrogens is 442 g/mol. The number of furan rings is 1. The Morgan fingerprint density at radius 3 is 2.60 bits per heavy atom. The number of amides is 2. The molecule has 7 nitrogen and oxygen atoms in total. The standard InChI is InChI=1S/C28H33N3O4/c1-28(27(33)29-21-10-4-3-5-11-21)19-30-22(25-13-8-18-35-25)14-15-23(30)26(32)31(28)17-16-20-9-6-7-12-24(20)34-2/h6-9,12-15,18,21H,3-5,10-11,16-17,19H2,1-2H3,(H,29,33). The van der Waals surface area contributed by atoms with E-state index in [1.807, 2.05) is 60.0 Å². The Morgan fingerprint density at radius 2 is 1.86 bits per heavy atom. The summed E-state index contributed by atoms with van der Waals surface area (Å²) in [6, 6.07) is 15.4. The van der Waals surface area contributed by atoms with Crippen LogP contribution in [0.4, 0.5) is 0 Å². The fraction of sp³-hybridized carbons (Fsp3) is 0.429.